The molecule has 3 nitrogen and oxygen atoms in total. The summed E-state index contributed by atoms with van der Waals surface area (Å²) in [5.74, 6) is 0. The van der Waals surface area contributed by atoms with Gasteiger partial charge in [-0.2, -0.15) is 0 Å². The van der Waals surface area contributed by atoms with Gasteiger partial charge in [-0.25, -0.2) is 4.68 Å². The minimum absolute atomic E-state index is 0.799. The van der Waals surface area contributed by atoms with Crippen LogP contribution in [0.2, 0.25) is 0 Å². The number of benzene rings is 1. The highest BCUT2D eigenvalue weighted by atomic mass is 15.4. The van der Waals surface area contributed by atoms with Crippen molar-refractivity contribution >= 4 is 5.57 Å². The Balaban J connectivity index is 1.85. The predicted octanol–water partition coefficient (Wildman–Crippen LogP) is 3.28. The summed E-state index contributed by atoms with van der Waals surface area (Å²) in [4.78, 5) is 0. The Kier molecular flexibility index (Phi) is 3.22. The fourth-order valence-corrected chi connectivity index (χ4v) is 2.45. The minimum atomic E-state index is 0.799. The third-order valence-corrected chi connectivity index (χ3v) is 3.41. The first-order chi connectivity index (χ1) is 8.93. The Morgan fingerprint density at radius 1 is 1.11 bits per heavy atom. The summed E-state index contributed by atoms with van der Waals surface area (Å²) in [6, 6.07) is 10.4. The zero-order chi connectivity index (χ0) is 12.2. The Bertz CT molecular complexity index is 540. The van der Waals surface area contributed by atoms with Gasteiger partial charge in [0.15, 0.2) is 0 Å². The molecule has 1 aliphatic carbocycles. The van der Waals surface area contributed by atoms with Crippen LogP contribution in [-0.4, -0.2) is 15.0 Å². The van der Waals surface area contributed by atoms with E-state index in [1.807, 2.05) is 16.9 Å². The maximum absolute atomic E-state index is 4.21. The Labute approximate surface area is 107 Å². The van der Waals surface area contributed by atoms with E-state index < -0.39 is 0 Å². The minimum Gasteiger partial charge on any atom is -0.241 e. The van der Waals surface area contributed by atoms with Crippen molar-refractivity contribution in [2.45, 2.75) is 32.2 Å². The van der Waals surface area contributed by atoms with Crippen LogP contribution in [0, 0.1) is 0 Å². The van der Waals surface area contributed by atoms with Gasteiger partial charge in [-0.1, -0.05) is 41.6 Å². The summed E-state index contributed by atoms with van der Waals surface area (Å²) in [7, 11) is 0. The molecule has 0 aliphatic heterocycles. The Hall–Kier alpha value is -1.90. The SMILES string of the molecule is C1=C(c2cnnn2Cc2ccccc2)CCCC1. The number of nitrogens with zero attached hydrogens (tertiary/aromatic N) is 3. The average Bonchev–Trinajstić information content (AvgIpc) is 2.89. The van der Waals surface area contributed by atoms with E-state index in [0.717, 1.165) is 13.0 Å². The van der Waals surface area contributed by atoms with Crippen molar-refractivity contribution in [3.8, 4) is 0 Å². The molecule has 0 fully saturated rings. The average molecular weight is 239 g/mol. The standard InChI is InChI=1S/C15H17N3/c1-3-7-13(8-4-1)12-18-15(11-16-17-18)14-9-5-2-6-10-14/h1,3-4,7-9,11H,2,5-6,10,12H2. The van der Waals surface area contributed by atoms with Crippen LogP contribution in [-0.2, 0) is 6.54 Å². The van der Waals surface area contributed by atoms with Gasteiger partial charge < -0.3 is 0 Å². The smallest absolute Gasteiger partial charge is 0.0846 e. The van der Waals surface area contributed by atoms with E-state index in [9.17, 15) is 0 Å². The second-order valence-corrected chi connectivity index (χ2v) is 4.74. The first-order valence-electron chi connectivity index (χ1n) is 6.55. The van der Waals surface area contributed by atoms with Crippen molar-refractivity contribution in [2.75, 3.05) is 0 Å². The van der Waals surface area contributed by atoms with Gasteiger partial charge in [-0.05, 0) is 36.8 Å². The van der Waals surface area contributed by atoms with E-state index in [0.29, 0.717) is 0 Å². The largest absolute Gasteiger partial charge is 0.241 e. The van der Waals surface area contributed by atoms with Gasteiger partial charge in [-0.15, -0.1) is 5.10 Å². The summed E-state index contributed by atoms with van der Waals surface area (Å²) in [6.07, 6.45) is 9.16. The summed E-state index contributed by atoms with van der Waals surface area (Å²) >= 11 is 0. The molecule has 3 heteroatoms. The van der Waals surface area contributed by atoms with E-state index in [4.69, 9.17) is 0 Å². The molecule has 0 unspecified atom stereocenters. The highest BCUT2D eigenvalue weighted by Gasteiger charge is 2.12. The van der Waals surface area contributed by atoms with Crippen molar-refractivity contribution in [3.63, 3.8) is 0 Å². The van der Waals surface area contributed by atoms with Crippen LogP contribution in [0.5, 0.6) is 0 Å². The molecule has 0 spiro atoms. The molecule has 0 amide bonds. The van der Waals surface area contributed by atoms with Gasteiger partial charge in [0, 0.05) is 0 Å². The number of hydrogen-bond acceptors (Lipinski definition) is 2. The first kappa shape index (κ1) is 11.2. The van der Waals surface area contributed by atoms with E-state index in [2.05, 4.69) is 40.7 Å². The number of aromatic nitrogens is 3. The Morgan fingerprint density at radius 2 is 2.00 bits per heavy atom. The van der Waals surface area contributed by atoms with Crippen LogP contribution in [0.1, 0.15) is 36.9 Å². The molecule has 1 heterocycles. The van der Waals surface area contributed by atoms with Gasteiger partial charge >= 0.3 is 0 Å². The monoisotopic (exact) mass is 239 g/mol. The summed E-state index contributed by atoms with van der Waals surface area (Å²) in [6.45, 7) is 0.799. The molecule has 0 N–H and O–H groups in total. The van der Waals surface area contributed by atoms with Crippen molar-refractivity contribution in [1.29, 1.82) is 0 Å². The van der Waals surface area contributed by atoms with Crippen LogP contribution < -0.4 is 0 Å². The molecule has 3 rings (SSSR count). The highest BCUT2D eigenvalue weighted by molar-refractivity contribution is 5.62. The van der Waals surface area contributed by atoms with Crippen LogP contribution in [0.4, 0.5) is 0 Å². The molecule has 1 aliphatic rings. The topological polar surface area (TPSA) is 30.7 Å². The maximum atomic E-state index is 4.21. The lowest BCUT2D eigenvalue weighted by atomic mass is 9.97. The van der Waals surface area contributed by atoms with Crippen LogP contribution in [0.25, 0.3) is 5.57 Å². The van der Waals surface area contributed by atoms with Crippen molar-refractivity contribution < 1.29 is 0 Å². The van der Waals surface area contributed by atoms with Gasteiger partial charge in [0.25, 0.3) is 0 Å². The molecule has 2 aromatic rings. The molecule has 18 heavy (non-hydrogen) atoms. The summed E-state index contributed by atoms with van der Waals surface area (Å²) in [5, 5.41) is 8.28. The molecular weight excluding hydrogens is 222 g/mol. The zero-order valence-electron chi connectivity index (χ0n) is 10.4. The quantitative estimate of drug-likeness (QED) is 0.823. The number of allylic oxidation sites excluding steroid dienone is 2. The van der Waals surface area contributed by atoms with Crippen LogP contribution >= 0.6 is 0 Å². The summed E-state index contributed by atoms with van der Waals surface area (Å²) < 4.78 is 2.01. The maximum Gasteiger partial charge on any atom is 0.0846 e. The summed E-state index contributed by atoms with van der Waals surface area (Å²) in [5.41, 5.74) is 3.85. The lowest BCUT2D eigenvalue weighted by Crippen LogP contribution is -2.07. The fourth-order valence-electron chi connectivity index (χ4n) is 2.45. The normalized spacial score (nSPS) is 15.4. The molecule has 0 saturated heterocycles. The predicted molar refractivity (Wildman–Crippen MR) is 72.0 cm³/mol. The van der Waals surface area contributed by atoms with Gasteiger partial charge in [0.1, 0.15) is 0 Å². The third kappa shape index (κ3) is 2.35. The molecular formula is C15H17N3. The second kappa shape index (κ2) is 5.17. The van der Waals surface area contributed by atoms with Crippen molar-refractivity contribution in [1.82, 2.24) is 15.0 Å². The van der Waals surface area contributed by atoms with E-state index in [-0.39, 0.29) is 0 Å². The van der Waals surface area contributed by atoms with Crippen molar-refractivity contribution in [3.05, 3.63) is 53.9 Å². The lowest BCUT2D eigenvalue weighted by molar-refractivity contribution is 0.636. The molecule has 1 aromatic carbocycles. The molecule has 0 bridgehead atoms. The van der Waals surface area contributed by atoms with Gasteiger partial charge in [-0.3, -0.25) is 0 Å². The third-order valence-electron chi connectivity index (χ3n) is 3.41. The number of hydrogen-bond donors (Lipinski definition) is 0. The second-order valence-electron chi connectivity index (χ2n) is 4.74. The van der Waals surface area contributed by atoms with Crippen molar-refractivity contribution in [2.24, 2.45) is 0 Å². The molecule has 92 valence electrons. The zero-order valence-corrected chi connectivity index (χ0v) is 10.4. The lowest BCUT2D eigenvalue weighted by Gasteiger charge is -2.13. The van der Waals surface area contributed by atoms with E-state index >= 15 is 0 Å². The molecule has 1 aromatic heterocycles. The highest BCUT2D eigenvalue weighted by Crippen LogP contribution is 2.26. The fraction of sp³-hybridized carbons (Fsp3) is 0.333. The molecule has 0 saturated carbocycles. The molecule has 0 radical (unpaired) electrons. The molecule has 0 atom stereocenters. The number of rotatable bonds is 3. The van der Waals surface area contributed by atoms with E-state index in [1.165, 1.54) is 36.1 Å². The van der Waals surface area contributed by atoms with E-state index in [1.54, 1.807) is 0 Å². The van der Waals surface area contributed by atoms with Gasteiger partial charge in [0.2, 0.25) is 0 Å². The van der Waals surface area contributed by atoms with Crippen LogP contribution in [0.15, 0.2) is 42.6 Å². The first-order valence-corrected chi connectivity index (χ1v) is 6.55. The Morgan fingerprint density at radius 3 is 2.78 bits per heavy atom. The van der Waals surface area contributed by atoms with Crippen LogP contribution in [0.3, 0.4) is 0 Å². The van der Waals surface area contributed by atoms with Gasteiger partial charge in [0.05, 0.1) is 18.4 Å².